The fourth-order valence-electron chi connectivity index (χ4n) is 2.39. The molecule has 6 nitrogen and oxygen atoms in total. The van der Waals surface area contributed by atoms with Crippen molar-refractivity contribution in [1.82, 2.24) is 0 Å². The number of aliphatic imine (C=N–C) groups is 1. The number of unbranched alkanes of at least 4 members (excludes halogenated alkanes) is 1. The minimum atomic E-state index is -0.0195. The minimum Gasteiger partial charge on any atom is -0.462 e. The van der Waals surface area contributed by atoms with Crippen molar-refractivity contribution < 1.29 is 9.53 Å². The van der Waals surface area contributed by atoms with E-state index in [1.54, 1.807) is 0 Å². The molecule has 1 aliphatic carbocycles. The number of rotatable bonds is 8. The van der Waals surface area contributed by atoms with Gasteiger partial charge in [0.15, 0.2) is 5.96 Å². The third-order valence-corrected chi connectivity index (χ3v) is 3.81. The summed E-state index contributed by atoms with van der Waals surface area (Å²) in [5.74, 6) is 1.80. The van der Waals surface area contributed by atoms with Crippen molar-refractivity contribution in [1.29, 1.82) is 0 Å². The fourth-order valence-corrected chi connectivity index (χ4v) is 2.39. The molecule has 1 aromatic rings. The average molecular weight is 342 g/mol. The Morgan fingerprint density at radius 3 is 2.56 bits per heavy atom. The first-order chi connectivity index (χ1) is 12.0. The maximum Gasteiger partial charge on any atom is 0.224 e. The molecule has 1 aliphatic rings. The lowest BCUT2D eigenvalue weighted by atomic mass is 10.1. The van der Waals surface area contributed by atoms with E-state index < -0.39 is 0 Å². The van der Waals surface area contributed by atoms with Crippen LogP contribution in [-0.4, -0.2) is 18.4 Å². The van der Waals surface area contributed by atoms with Crippen molar-refractivity contribution in [2.45, 2.75) is 39.0 Å². The van der Waals surface area contributed by atoms with Gasteiger partial charge in [-0.15, -0.1) is 0 Å². The van der Waals surface area contributed by atoms with E-state index in [4.69, 9.17) is 16.2 Å². The monoisotopic (exact) mass is 342 g/mol. The van der Waals surface area contributed by atoms with E-state index >= 15 is 0 Å². The maximum atomic E-state index is 11.9. The van der Waals surface area contributed by atoms with Crippen molar-refractivity contribution in [2.24, 2.45) is 16.5 Å². The molecule has 0 aromatic heterocycles. The van der Waals surface area contributed by atoms with Crippen molar-refractivity contribution in [3.8, 4) is 5.75 Å². The summed E-state index contributed by atoms with van der Waals surface area (Å²) in [6.45, 7) is 2.66. The second-order valence-electron chi connectivity index (χ2n) is 6.08. The van der Waals surface area contributed by atoms with Crippen molar-refractivity contribution in [3.63, 3.8) is 0 Å². The predicted octanol–water partition coefficient (Wildman–Crippen LogP) is 3.07. The van der Waals surface area contributed by atoms with Crippen LogP contribution in [0.3, 0.4) is 0 Å². The number of carbonyl (C=O) groups excluding carboxylic acids is 1. The number of guanidine groups is 1. The summed E-state index contributed by atoms with van der Waals surface area (Å²) in [5, 5.41) is 2.87. The molecule has 0 radical (unpaired) electrons. The highest BCUT2D eigenvalue weighted by atomic mass is 16.5. The summed E-state index contributed by atoms with van der Waals surface area (Å²) in [4.78, 5) is 15.8. The summed E-state index contributed by atoms with van der Waals surface area (Å²) >= 11 is 0. The van der Waals surface area contributed by atoms with Crippen LogP contribution in [0.5, 0.6) is 5.75 Å². The normalized spacial score (nSPS) is 13.5. The molecule has 0 fully saturated rings. The van der Waals surface area contributed by atoms with E-state index in [0.717, 1.165) is 42.9 Å². The molecule has 0 spiro atoms. The Morgan fingerprint density at radius 2 is 1.92 bits per heavy atom. The molecule has 0 saturated carbocycles. The summed E-state index contributed by atoms with van der Waals surface area (Å²) in [6.07, 6.45) is 8.00. The third-order valence-electron chi connectivity index (χ3n) is 3.81. The lowest BCUT2D eigenvalue weighted by molar-refractivity contribution is -0.116. The van der Waals surface area contributed by atoms with Gasteiger partial charge in [-0.25, -0.2) is 0 Å². The summed E-state index contributed by atoms with van der Waals surface area (Å²) in [5.41, 5.74) is 12.6. The zero-order valence-corrected chi connectivity index (χ0v) is 14.6. The predicted molar refractivity (Wildman–Crippen MR) is 101 cm³/mol. The number of allylic oxidation sites excluding steroid dienone is 4. The molecule has 1 aromatic carbocycles. The quantitative estimate of drug-likeness (QED) is 0.384. The number of hydrogen-bond donors (Lipinski definition) is 3. The van der Waals surface area contributed by atoms with Crippen LogP contribution < -0.4 is 21.5 Å². The standard InChI is InChI=1S/C19H26N4O2/c1-14-5-9-16(10-6-14)25-17-11-7-15(8-12-17)23-18(24)4-2-3-13-22-19(20)21/h5,7-9,11-12H,2-4,6,10,13H2,1H3,(H,23,24)(H4,20,21,22). The Bertz CT molecular complexity index is 671. The number of ether oxygens (including phenoxy) is 1. The molecule has 0 aliphatic heterocycles. The average Bonchev–Trinajstić information content (AvgIpc) is 2.58. The number of nitrogens with one attached hydrogen (secondary N) is 1. The van der Waals surface area contributed by atoms with Gasteiger partial charge in [-0.1, -0.05) is 11.6 Å². The molecule has 1 amide bonds. The third kappa shape index (κ3) is 7.12. The van der Waals surface area contributed by atoms with E-state index in [1.165, 1.54) is 5.57 Å². The van der Waals surface area contributed by atoms with Crippen LogP contribution in [0.2, 0.25) is 0 Å². The first kappa shape index (κ1) is 18.6. The highest BCUT2D eigenvalue weighted by Gasteiger charge is 2.06. The lowest BCUT2D eigenvalue weighted by Crippen LogP contribution is -2.23. The molecule has 134 valence electrons. The molecule has 0 unspecified atom stereocenters. The molecule has 25 heavy (non-hydrogen) atoms. The smallest absolute Gasteiger partial charge is 0.224 e. The zero-order chi connectivity index (χ0) is 18.1. The lowest BCUT2D eigenvalue weighted by Gasteiger charge is -2.14. The van der Waals surface area contributed by atoms with Gasteiger partial charge in [0.25, 0.3) is 0 Å². The molecular weight excluding hydrogens is 316 g/mol. The highest BCUT2D eigenvalue weighted by Crippen LogP contribution is 2.23. The van der Waals surface area contributed by atoms with Crippen molar-refractivity contribution in [3.05, 3.63) is 47.7 Å². The van der Waals surface area contributed by atoms with Gasteiger partial charge in [-0.2, -0.15) is 0 Å². The van der Waals surface area contributed by atoms with E-state index in [1.807, 2.05) is 30.3 Å². The second-order valence-corrected chi connectivity index (χ2v) is 6.08. The van der Waals surface area contributed by atoms with Gasteiger partial charge < -0.3 is 21.5 Å². The molecule has 0 atom stereocenters. The number of benzene rings is 1. The van der Waals surface area contributed by atoms with Crippen LogP contribution in [0.4, 0.5) is 5.69 Å². The van der Waals surface area contributed by atoms with Gasteiger partial charge in [-0.3, -0.25) is 9.79 Å². The van der Waals surface area contributed by atoms with E-state index in [0.29, 0.717) is 13.0 Å². The molecular formula is C19H26N4O2. The van der Waals surface area contributed by atoms with Gasteiger partial charge in [-0.05, 0) is 56.5 Å². The van der Waals surface area contributed by atoms with E-state index in [-0.39, 0.29) is 11.9 Å². The molecule has 0 bridgehead atoms. The second kappa shape index (κ2) is 9.52. The SMILES string of the molecule is CC1=CC=C(Oc2ccc(NC(=O)CCCCN=C(N)N)cc2)CC1. The minimum absolute atomic E-state index is 0.0195. The zero-order valence-electron chi connectivity index (χ0n) is 14.6. The first-order valence-corrected chi connectivity index (χ1v) is 8.52. The van der Waals surface area contributed by atoms with Crippen LogP contribution in [0.1, 0.15) is 39.0 Å². The maximum absolute atomic E-state index is 11.9. The van der Waals surface area contributed by atoms with Gasteiger partial charge in [0.2, 0.25) is 5.91 Å². The largest absolute Gasteiger partial charge is 0.462 e. The Labute approximate surface area is 148 Å². The Hall–Kier alpha value is -2.76. The van der Waals surface area contributed by atoms with Crippen LogP contribution in [0.25, 0.3) is 0 Å². The Balaban J connectivity index is 1.74. The number of amides is 1. The summed E-state index contributed by atoms with van der Waals surface area (Å²) in [6, 6.07) is 7.41. The number of anilines is 1. The van der Waals surface area contributed by atoms with Crippen LogP contribution in [0.15, 0.2) is 52.7 Å². The molecule has 0 heterocycles. The molecule has 5 N–H and O–H groups in total. The van der Waals surface area contributed by atoms with Crippen LogP contribution >= 0.6 is 0 Å². The Kier molecular flexibility index (Phi) is 7.07. The first-order valence-electron chi connectivity index (χ1n) is 8.52. The topological polar surface area (TPSA) is 103 Å². The fraction of sp³-hybridized carbons (Fsp3) is 0.368. The molecule has 6 heteroatoms. The molecule has 2 rings (SSSR count). The highest BCUT2D eigenvalue weighted by molar-refractivity contribution is 5.90. The van der Waals surface area contributed by atoms with Crippen molar-refractivity contribution in [2.75, 3.05) is 11.9 Å². The Morgan fingerprint density at radius 1 is 1.16 bits per heavy atom. The van der Waals surface area contributed by atoms with Gasteiger partial charge in [0.05, 0.1) is 0 Å². The number of nitrogens with zero attached hydrogens (tertiary/aromatic N) is 1. The van der Waals surface area contributed by atoms with Gasteiger partial charge in [0.1, 0.15) is 11.5 Å². The van der Waals surface area contributed by atoms with E-state index in [9.17, 15) is 4.79 Å². The van der Waals surface area contributed by atoms with Gasteiger partial charge >= 0.3 is 0 Å². The molecule has 0 saturated heterocycles. The van der Waals surface area contributed by atoms with Gasteiger partial charge in [0, 0.05) is 25.1 Å². The number of carbonyl (C=O) groups is 1. The van der Waals surface area contributed by atoms with Crippen LogP contribution in [-0.2, 0) is 4.79 Å². The number of nitrogens with two attached hydrogens (primary N) is 2. The number of hydrogen-bond acceptors (Lipinski definition) is 3. The summed E-state index contributed by atoms with van der Waals surface area (Å²) in [7, 11) is 0. The van der Waals surface area contributed by atoms with Crippen molar-refractivity contribution >= 4 is 17.6 Å². The van der Waals surface area contributed by atoms with E-state index in [2.05, 4.69) is 23.3 Å². The summed E-state index contributed by atoms with van der Waals surface area (Å²) < 4.78 is 5.85. The van der Waals surface area contributed by atoms with Crippen LogP contribution in [0, 0.1) is 0 Å².